The van der Waals surface area contributed by atoms with E-state index in [1.807, 2.05) is 0 Å². The summed E-state index contributed by atoms with van der Waals surface area (Å²) in [5.74, 6) is -2.04. The van der Waals surface area contributed by atoms with E-state index in [1.165, 1.54) is 49.2 Å². The molecule has 43 heavy (non-hydrogen) atoms. The number of carbonyl (C=O) groups excluding carboxylic acids is 3. The normalized spacial score (nSPS) is 11.0. The van der Waals surface area contributed by atoms with E-state index in [0.29, 0.717) is 11.3 Å². The number of hydrogen-bond donors (Lipinski definition) is 1. The van der Waals surface area contributed by atoms with Gasteiger partial charge >= 0.3 is 18.1 Å². The van der Waals surface area contributed by atoms with Crippen LogP contribution in [0.4, 0.5) is 18.9 Å². The molecule has 0 bridgehead atoms. The van der Waals surface area contributed by atoms with Gasteiger partial charge in [0.1, 0.15) is 11.3 Å². The number of ether oxygens (including phenoxy) is 4. The Kier molecular flexibility index (Phi) is 9.33. The first-order valence-electron chi connectivity index (χ1n) is 12.8. The molecule has 0 aliphatic heterocycles. The van der Waals surface area contributed by atoms with Crippen LogP contribution in [0.3, 0.4) is 0 Å². The van der Waals surface area contributed by atoms with Gasteiger partial charge in [0, 0.05) is 11.3 Å². The number of halogens is 3. The Hall–Kier alpha value is -5.33. The molecular weight excluding hydrogens is 571 g/mol. The molecule has 0 aliphatic carbocycles. The molecule has 0 aliphatic rings. The molecule has 0 fully saturated rings. The fourth-order valence-corrected chi connectivity index (χ4v) is 4.11. The van der Waals surface area contributed by atoms with Gasteiger partial charge in [-0.15, -0.1) is 0 Å². The van der Waals surface area contributed by atoms with Crippen LogP contribution in [0.25, 0.3) is 16.9 Å². The van der Waals surface area contributed by atoms with Crippen molar-refractivity contribution in [2.24, 2.45) is 0 Å². The molecule has 0 radical (unpaired) electrons. The summed E-state index contributed by atoms with van der Waals surface area (Å²) >= 11 is 0. The van der Waals surface area contributed by atoms with Crippen molar-refractivity contribution in [3.05, 3.63) is 89.6 Å². The lowest BCUT2D eigenvalue weighted by Crippen LogP contribution is -2.20. The molecule has 224 valence electrons. The van der Waals surface area contributed by atoms with Gasteiger partial charge in [0.25, 0.3) is 5.91 Å². The Morgan fingerprint density at radius 1 is 0.860 bits per heavy atom. The Morgan fingerprint density at radius 2 is 1.58 bits per heavy atom. The second-order valence-electron chi connectivity index (χ2n) is 8.81. The van der Waals surface area contributed by atoms with Crippen molar-refractivity contribution in [2.75, 3.05) is 32.8 Å². The molecule has 0 spiro atoms. The third kappa shape index (κ3) is 6.94. The lowest BCUT2D eigenvalue weighted by Gasteiger charge is -2.14. The van der Waals surface area contributed by atoms with Crippen molar-refractivity contribution in [1.29, 1.82) is 0 Å². The van der Waals surface area contributed by atoms with E-state index in [9.17, 15) is 27.6 Å². The predicted octanol–water partition coefficient (Wildman–Crippen LogP) is 5.55. The fraction of sp³-hybridized carbons (Fsp3) is 0.200. The topological polar surface area (TPSA) is 118 Å². The standard InChI is InChI=1S/C30H26F3N3O7/c1-4-42-23-15-18(13-14-22(23)43-17-24(37)34-20-10-8-9-19(16-20)30(31,32)33)26-25(28(38)40-2)27(29(39)41-3)36(35-26)21-11-6-5-7-12-21/h5-16H,4,17H2,1-3H3,(H,34,37). The maximum Gasteiger partial charge on any atom is 0.416 e. The smallest absolute Gasteiger partial charge is 0.416 e. The summed E-state index contributed by atoms with van der Waals surface area (Å²) in [5.41, 5.74) is -0.326. The van der Waals surface area contributed by atoms with Crippen molar-refractivity contribution in [3.63, 3.8) is 0 Å². The zero-order valence-electron chi connectivity index (χ0n) is 23.2. The monoisotopic (exact) mass is 597 g/mol. The molecule has 1 amide bonds. The SMILES string of the molecule is CCOc1cc(-c2nn(-c3ccccc3)c(C(=O)OC)c2C(=O)OC)ccc1OCC(=O)Nc1cccc(C(F)(F)F)c1. The number of rotatable bonds is 10. The van der Waals surface area contributed by atoms with Gasteiger partial charge in [-0.25, -0.2) is 14.3 Å². The van der Waals surface area contributed by atoms with Crippen LogP contribution >= 0.6 is 0 Å². The van der Waals surface area contributed by atoms with Crippen LogP contribution in [-0.2, 0) is 20.4 Å². The molecule has 0 saturated heterocycles. The highest BCUT2D eigenvalue weighted by atomic mass is 19.4. The molecule has 1 N–H and O–H groups in total. The molecule has 4 rings (SSSR count). The van der Waals surface area contributed by atoms with Gasteiger partial charge in [0.05, 0.1) is 32.1 Å². The molecule has 0 saturated carbocycles. The number of nitrogens with zero attached hydrogens (tertiary/aromatic N) is 2. The number of methoxy groups -OCH3 is 2. The van der Waals surface area contributed by atoms with Gasteiger partial charge in [-0.05, 0) is 55.5 Å². The largest absolute Gasteiger partial charge is 0.490 e. The number of aromatic nitrogens is 2. The Morgan fingerprint density at radius 3 is 2.23 bits per heavy atom. The highest BCUT2D eigenvalue weighted by Crippen LogP contribution is 2.36. The van der Waals surface area contributed by atoms with Crippen molar-refractivity contribution < 1.29 is 46.5 Å². The van der Waals surface area contributed by atoms with Crippen LogP contribution in [0, 0.1) is 0 Å². The number of benzene rings is 3. The minimum absolute atomic E-state index is 0.0467. The molecule has 4 aromatic rings. The summed E-state index contributed by atoms with van der Waals surface area (Å²) in [7, 11) is 2.34. The van der Waals surface area contributed by atoms with Crippen LogP contribution in [0.5, 0.6) is 11.5 Å². The summed E-state index contributed by atoms with van der Waals surface area (Å²) in [5, 5.41) is 6.91. The number of esters is 2. The second kappa shape index (κ2) is 13.1. The zero-order valence-corrected chi connectivity index (χ0v) is 23.2. The van der Waals surface area contributed by atoms with E-state index in [0.717, 1.165) is 12.1 Å². The number of anilines is 1. The predicted molar refractivity (Wildman–Crippen MR) is 148 cm³/mol. The summed E-state index contributed by atoms with van der Waals surface area (Å²) in [6.45, 7) is 1.38. The van der Waals surface area contributed by atoms with Gasteiger partial charge < -0.3 is 24.3 Å². The summed E-state index contributed by atoms with van der Waals surface area (Å²) in [4.78, 5) is 38.2. The average Bonchev–Trinajstić information content (AvgIpc) is 3.41. The molecule has 0 unspecified atom stereocenters. The minimum Gasteiger partial charge on any atom is -0.490 e. The summed E-state index contributed by atoms with van der Waals surface area (Å²) in [6.07, 6.45) is -4.56. The number of para-hydroxylation sites is 1. The highest BCUT2D eigenvalue weighted by Gasteiger charge is 2.32. The van der Waals surface area contributed by atoms with Crippen LogP contribution < -0.4 is 14.8 Å². The first-order chi connectivity index (χ1) is 20.6. The van der Waals surface area contributed by atoms with Crippen molar-refractivity contribution >= 4 is 23.5 Å². The van der Waals surface area contributed by atoms with Crippen LogP contribution in [0.1, 0.15) is 33.3 Å². The van der Waals surface area contributed by atoms with Gasteiger partial charge in [-0.3, -0.25) is 4.79 Å². The van der Waals surface area contributed by atoms with E-state index in [1.54, 1.807) is 37.3 Å². The Balaban J connectivity index is 1.66. The first-order valence-corrected chi connectivity index (χ1v) is 12.8. The summed E-state index contributed by atoms with van der Waals surface area (Å²) < 4.78 is 61.5. The fourth-order valence-electron chi connectivity index (χ4n) is 4.11. The minimum atomic E-state index is -4.56. The molecular formula is C30H26F3N3O7. The molecule has 10 nitrogen and oxygen atoms in total. The maximum atomic E-state index is 13.0. The number of hydrogen-bond acceptors (Lipinski definition) is 8. The van der Waals surface area contributed by atoms with Gasteiger partial charge in [0.2, 0.25) is 0 Å². The van der Waals surface area contributed by atoms with E-state index in [2.05, 4.69) is 10.4 Å². The zero-order chi connectivity index (χ0) is 31.1. The van der Waals surface area contributed by atoms with Crippen molar-refractivity contribution in [2.45, 2.75) is 13.1 Å². The van der Waals surface area contributed by atoms with Gasteiger partial charge in [0.15, 0.2) is 23.8 Å². The molecule has 13 heteroatoms. The number of amides is 1. The first kappa shape index (κ1) is 30.6. The Bertz CT molecular complexity index is 1640. The van der Waals surface area contributed by atoms with Crippen molar-refractivity contribution in [1.82, 2.24) is 9.78 Å². The molecule has 0 atom stereocenters. The third-order valence-corrected chi connectivity index (χ3v) is 6.00. The highest BCUT2D eigenvalue weighted by molar-refractivity contribution is 6.07. The molecule has 1 heterocycles. The van der Waals surface area contributed by atoms with Crippen LogP contribution in [-0.4, -0.2) is 55.1 Å². The van der Waals surface area contributed by atoms with Gasteiger partial charge in [-0.1, -0.05) is 24.3 Å². The van der Waals surface area contributed by atoms with E-state index in [4.69, 9.17) is 18.9 Å². The van der Waals surface area contributed by atoms with Crippen molar-refractivity contribution in [3.8, 4) is 28.4 Å². The number of carbonyl (C=O) groups is 3. The lowest BCUT2D eigenvalue weighted by atomic mass is 10.0. The quantitative estimate of drug-likeness (QED) is 0.237. The van der Waals surface area contributed by atoms with E-state index in [-0.39, 0.29) is 40.7 Å². The second-order valence-corrected chi connectivity index (χ2v) is 8.81. The molecule has 3 aromatic carbocycles. The summed E-state index contributed by atoms with van der Waals surface area (Å²) in [6, 6.07) is 17.4. The number of alkyl halides is 3. The van der Waals surface area contributed by atoms with Crippen LogP contribution in [0.2, 0.25) is 0 Å². The third-order valence-electron chi connectivity index (χ3n) is 6.00. The average molecular weight is 598 g/mol. The van der Waals surface area contributed by atoms with E-state index >= 15 is 0 Å². The molecule has 1 aromatic heterocycles. The van der Waals surface area contributed by atoms with Crippen LogP contribution in [0.15, 0.2) is 72.8 Å². The van der Waals surface area contributed by atoms with Gasteiger partial charge in [-0.2, -0.15) is 18.3 Å². The number of nitrogens with one attached hydrogen (secondary N) is 1. The lowest BCUT2D eigenvalue weighted by molar-refractivity contribution is -0.137. The Labute approximate surface area is 243 Å². The maximum absolute atomic E-state index is 13.0. The van der Waals surface area contributed by atoms with E-state index < -0.39 is 36.2 Å².